The summed E-state index contributed by atoms with van der Waals surface area (Å²) in [5, 5.41) is 4.12. The van der Waals surface area contributed by atoms with Crippen LogP contribution in [0.15, 0.2) is 53.3 Å². The second-order valence-electron chi connectivity index (χ2n) is 6.84. The first-order chi connectivity index (χ1) is 13.8. The molecule has 1 saturated heterocycles. The molecule has 0 N–H and O–H groups in total. The van der Waals surface area contributed by atoms with Gasteiger partial charge in [0.05, 0.1) is 13.0 Å². The summed E-state index contributed by atoms with van der Waals surface area (Å²) in [6.07, 6.45) is 5.64. The van der Waals surface area contributed by atoms with Crippen LogP contribution in [0.3, 0.4) is 0 Å². The molecule has 1 aliphatic heterocycles. The minimum atomic E-state index is 0.248. The summed E-state index contributed by atoms with van der Waals surface area (Å²) >= 11 is 0. The molecule has 0 spiro atoms. The molecule has 1 atom stereocenters. The number of methoxy groups -OCH3 is 1. The molecule has 3 heterocycles. The number of para-hydroxylation sites is 2. The van der Waals surface area contributed by atoms with E-state index in [1.165, 1.54) is 0 Å². The van der Waals surface area contributed by atoms with E-state index in [-0.39, 0.29) is 5.92 Å². The number of piperidine rings is 1. The molecule has 0 saturated carbocycles. The first-order valence-corrected chi connectivity index (χ1v) is 9.55. The summed E-state index contributed by atoms with van der Waals surface area (Å²) in [5.41, 5.74) is 0.871. The van der Waals surface area contributed by atoms with Crippen molar-refractivity contribution in [1.82, 2.24) is 20.0 Å². The Morgan fingerprint density at radius 2 is 2.07 bits per heavy atom. The molecule has 0 radical (unpaired) electrons. The summed E-state index contributed by atoms with van der Waals surface area (Å²) in [5.74, 6) is 3.08. The highest BCUT2D eigenvalue weighted by atomic mass is 16.5. The molecule has 1 aliphatic rings. The van der Waals surface area contributed by atoms with Crippen molar-refractivity contribution in [3.8, 4) is 22.9 Å². The molecule has 146 valence electrons. The largest absolute Gasteiger partial charge is 0.493 e. The van der Waals surface area contributed by atoms with Crippen molar-refractivity contribution in [3.05, 3.63) is 54.7 Å². The van der Waals surface area contributed by atoms with Crippen molar-refractivity contribution in [2.75, 3.05) is 33.4 Å². The molecule has 1 aromatic carbocycles. The van der Waals surface area contributed by atoms with Crippen LogP contribution in [0.1, 0.15) is 24.7 Å². The molecule has 7 heteroatoms. The monoisotopic (exact) mass is 380 g/mol. The highest BCUT2D eigenvalue weighted by molar-refractivity contribution is 5.51. The van der Waals surface area contributed by atoms with Gasteiger partial charge in [0, 0.05) is 31.0 Å². The Labute approximate surface area is 164 Å². The van der Waals surface area contributed by atoms with Crippen molar-refractivity contribution >= 4 is 0 Å². The van der Waals surface area contributed by atoms with Crippen LogP contribution in [0.5, 0.6) is 11.5 Å². The van der Waals surface area contributed by atoms with Gasteiger partial charge in [-0.05, 0) is 43.7 Å². The number of ether oxygens (including phenoxy) is 2. The lowest BCUT2D eigenvalue weighted by atomic mass is 9.98. The molecule has 0 amide bonds. The number of likely N-dealkylation sites (tertiary alicyclic amines) is 1. The normalized spacial score (nSPS) is 17.4. The quantitative estimate of drug-likeness (QED) is 0.622. The van der Waals surface area contributed by atoms with E-state index in [1.54, 1.807) is 19.5 Å². The molecule has 7 nitrogen and oxygen atoms in total. The Morgan fingerprint density at radius 1 is 1.18 bits per heavy atom. The van der Waals surface area contributed by atoms with Gasteiger partial charge in [0.25, 0.3) is 0 Å². The number of pyridine rings is 1. The lowest BCUT2D eigenvalue weighted by molar-refractivity contribution is 0.156. The first-order valence-electron chi connectivity index (χ1n) is 9.55. The topological polar surface area (TPSA) is 73.5 Å². The average molecular weight is 380 g/mol. The van der Waals surface area contributed by atoms with Crippen molar-refractivity contribution < 1.29 is 14.0 Å². The van der Waals surface area contributed by atoms with E-state index < -0.39 is 0 Å². The lowest BCUT2D eigenvalue weighted by Gasteiger charge is -2.30. The van der Waals surface area contributed by atoms with Gasteiger partial charge in [-0.2, -0.15) is 4.98 Å². The van der Waals surface area contributed by atoms with Crippen LogP contribution < -0.4 is 9.47 Å². The molecule has 1 unspecified atom stereocenters. The summed E-state index contributed by atoms with van der Waals surface area (Å²) in [6, 6.07) is 11.5. The van der Waals surface area contributed by atoms with Gasteiger partial charge in [-0.15, -0.1) is 0 Å². The standard InChI is InChI=1S/C21H24N4O3/c1-26-18-8-2-3-9-19(18)27-13-12-25-11-5-7-17(15-25)21-23-20(24-28-21)16-6-4-10-22-14-16/h2-4,6,8-10,14,17H,5,7,11-13,15H2,1H3. The number of benzene rings is 1. The smallest absolute Gasteiger partial charge is 0.231 e. The highest BCUT2D eigenvalue weighted by Gasteiger charge is 2.26. The number of hydrogen-bond donors (Lipinski definition) is 0. The number of hydrogen-bond acceptors (Lipinski definition) is 7. The highest BCUT2D eigenvalue weighted by Crippen LogP contribution is 2.28. The van der Waals surface area contributed by atoms with Crippen molar-refractivity contribution in [2.45, 2.75) is 18.8 Å². The third-order valence-electron chi connectivity index (χ3n) is 4.95. The number of aromatic nitrogens is 3. The summed E-state index contributed by atoms with van der Waals surface area (Å²) < 4.78 is 16.8. The fraction of sp³-hybridized carbons (Fsp3) is 0.381. The summed E-state index contributed by atoms with van der Waals surface area (Å²) in [6.45, 7) is 3.40. The average Bonchev–Trinajstić information content (AvgIpc) is 3.25. The van der Waals surface area contributed by atoms with E-state index >= 15 is 0 Å². The van der Waals surface area contributed by atoms with E-state index in [0.717, 1.165) is 49.5 Å². The fourth-order valence-electron chi connectivity index (χ4n) is 3.50. The van der Waals surface area contributed by atoms with E-state index in [1.807, 2.05) is 36.4 Å². The number of nitrogens with zero attached hydrogens (tertiary/aromatic N) is 4. The molecule has 4 rings (SSSR count). The van der Waals surface area contributed by atoms with Crippen LogP contribution in [-0.2, 0) is 0 Å². The van der Waals surface area contributed by atoms with Crippen LogP contribution >= 0.6 is 0 Å². The first kappa shape index (κ1) is 18.4. The van der Waals surface area contributed by atoms with Crippen molar-refractivity contribution in [1.29, 1.82) is 0 Å². The summed E-state index contributed by atoms with van der Waals surface area (Å²) in [7, 11) is 1.65. The van der Waals surface area contributed by atoms with E-state index in [9.17, 15) is 0 Å². The molecule has 28 heavy (non-hydrogen) atoms. The minimum absolute atomic E-state index is 0.248. The Morgan fingerprint density at radius 3 is 2.89 bits per heavy atom. The molecule has 2 aromatic heterocycles. The predicted octanol–water partition coefficient (Wildman–Crippen LogP) is 3.40. The Hall–Kier alpha value is -2.93. The van der Waals surface area contributed by atoms with Gasteiger partial charge < -0.3 is 14.0 Å². The van der Waals surface area contributed by atoms with Crippen LogP contribution in [0, 0.1) is 0 Å². The van der Waals surface area contributed by atoms with Gasteiger partial charge in [0.15, 0.2) is 11.5 Å². The van der Waals surface area contributed by atoms with Gasteiger partial charge in [0.1, 0.15) is 6.61 Å². The van der Waals surface area contributed by atoms with Gasteiger partial charge in [-0.1, -0.05) is 17.3 Å². The van der Waals surface area contributed by atoms with Crippen LogP contribution in [0.25, 0.3) is 11.4 Å². The zero-order valence-corrected chi connectivity index (χ0v) is 16.0. The Balaban J connectivity index is 1.33. The van der Waals surface area contributed by atoms with Crippen LogP contribution in [0.2, 0.25) is 0 Å². The Bertz CT molecular complexity index is 884. The maximum absolute atomic E-state index is 5.91. The molecular formula is C21H24N4O3. The molecule has 1 fully saturated rings. The molecular weight excluding hydrogens is 356 g/mol. The van der Waals surface area contributed by atoms with Crippen LogP contribution in [0.4, 0.5) is 0 Å². The molecule has 0 aliphatic carbocycles. The maximum atomic E-state index is 5.91. The zero-order chi connectivity index (χ0) is 19.2. The second kappa shape index (κ2) is 8.84. The van der Waals surface area contributed by atoms with E-state index in [2.05, 4.69) is 20.0 Å². The molecule has 3 aromatic rings. The minimum Gasteiger partial charge on any atom is -0.493 e. The third kappa shape index (κ3) is 4.31. The van der Waals surface area contributed by atoms with Crippen LogP contribution in [-0.4, -0.2) is 53.4 Å². The SMILES string of the molecule is COc1ccccc1OCCN1CCCC(c2nc(-c3cccnc3)no2)C1. The summed E-state index contributed by atoms with van der Waals surface area (Å²) in [4.78, 5) is 11.1. The predicted molar refractivity (Wildman–Crippen MR) is 104 cm³/mol. The van der Waals surface area contributed by atoms with Gasteiger partial charge >= 0.3 is 0 Å². The van der Waals surface area contributed by atoms with Crippen molar-refractivity contribution in [3.63, 3.8) is 0 Å². The fourth-order valence-corrected chi connectivity index (χ4v) is 3.50. The third-order valence-corrected chi connectivity index (χ3v) is 4.95. The second-order valence-corrected chi connectivity index (χ2v) is 6.84. The van der Waals surface area contributed by atoms with E-state index in [0.29, 0.717) is 18.3 Å². The Kier molecular flexibility index (Phi) is 5.82. The molecule has 0 bridgehead atoms. The van der Waals surface area contributed by atoms with Gasteiger partial charge in [0.2, 0.25) is 11.7 Å². The van der Waals surface area contributed by atoms with Gasteiger partial charge in [-0.25, -0.2) is 0 Å². The van der Waals surface area contributed by atoms with E-state index in [4.69, 9.17) is 14.0 Å². The zero-order valence-electron chi connectivity index (χ0n) is 16.0. The number of rotatable bonds is 7. The maximum Gasteiger partial charge on any atom is 0.231 e. The lowest BCUT2D eigenvalue weighted by Crippen LogP contribution is -2.37. The van der Waals surface area contributed by atoms with Gasteiger partial charge in [-0.3, -0.25) is 9.88 Å². The van der Waals surface area contributed by atoms with Crippen molar-refractivity contribution in [2.24, 2.45) is 0 Å².